The van der Waals surface area contributed by atoms with Gasteiger partial charge >= 0.3 is 0 Å². The summed E-state index contributed by atoms with van der Waals surface area (Å²) in [5.74, 6) is 0.463. The summed E-state index contributed by atoms with van der Waals surface area (Å²) in [6.07, 6.45) is 2.73. The van der Waals surface area contributed by atoms with Crippen LogP contribution in [0.2, 0.25) is 0 Å². The Morgan fingerprint density at radius 1 is 1.15 bits per heavy atom. The molecule has 0 fully saturated rings. The molecule has 1 aliphatic heterocycles. The van der Waals surface area contributed by atoms with E-state index in [0.717, 1.165) is 11.4 Å². The normalized spacial score (nSPS) is 19.3. The number of para-hydroxylation sites is 2. The van der Waals surface area contributed by atoms with Gasteiger partial charge in [0.2, 0.25) is 11.8 Å². The number of benzene rings is 1. The van der Waals surface area contributed by atoms with E-state index in [1.807, 2.05) is 38.1 Å². The van der Waals surface area contributed by atoms with E-state index in [4.69, 9.17) is 4.42 Å². The zero-order valence-corrected chi connectivity index (χ0v) is 20.3. The van der Waals surface area contributed by atoms with Crippen LogP contribution in [0.4, 0.5) is 11.4 Å². The first-order chi connectivity index (χ1) is 16.2. The first-order valence-corrected chi connectivity index (χ1v) is 11.9. The van der Waals surface area contributed by atoms with E-state index in [1.54, 1.807) is 23.3 Å². The van der Waals surface area contributed by atoms with Gasteiger partial charge in [0.1, 0.15) is 11.8 Å². The standard InChI is InChI=1S/C27H33N3O4/c1-17(2)16-28-23(32)11-12-24(33)30-20-9-6-5-8-18(20)29-19-14-27(3,4)15-21(31)25(19)26(30)22-10-7-13-34-22/h5-10,13,17,26,29H,11-12,14-16H2,1-4H3,(H,28,32)/t26-/m1/s1. The number of fused-ring (bicyclic) bond motifs is 1. The van der Waals surface area contributed by atoms with Gasteiger partial charge in [0.15, 0.2) is 5.78 Å². The van der Waals surface area contributed by atoms with Crippen LogP contribution >= 0.6 is 0 Å². The number of anilines is 2. The average Bonchev–Trinajstić information content (AvgIpc) is 3.25. The Morgan fingerprint density at radius 2 is 1.91 bits per heavy atom. The van der Waals surface area contributed by atoms with Gasteiger partial charge in [-0.3, -0.25) is 19.3 Å². The van der Waals surface area contributed by atoms with Gasteiger partial charge in [0.25, 0.3) is 0 Å². The number of hydrogen-bond donors (Lipinski definition) is 2. The molecule has 0 bridgehead atoms. The van der Waals surface area contributed by atoms with Crippen molar-refractivity contribution in [3.05, 3.63) is 59.7 Å². The Hall–Kier alpha value is -3.35. The van der Waals surface area contributed by atoms with Crippen LogP contribution in [0.1, 0.15) is 65.2 Å². The monoisotopic (exact) mass is 463 g/mol. The lowest BCUT2D eigenvalue weighted by Crippen LogP contribution is -2.40. The fourth-order valence-corrected chi connectivity index (χ4v) is 4.73. The van der Waals surface area contributed by atoms with E-state index >= 15 is 0 Å². The molecule has 1 atom stereocenters. The zero-order valence-electron chi connectivity index (χ0n) is 20.3. The third-order valence-corrected chi connectivity index (χ3v) is 6.26. The molecule has 7 heteroatoms. The highest BCUT2D eigenvalue weighted by Crippen LogP contribution is 2.48. The third-order valence-electron chi connectivity index (χ3n) is 6.26. The second-order valence-electron chi connectivity index (χ2n) is 10.4. The Morgan fingerprint density at radius 3 is 2.62 bits per heavy atom. The van der Waals surface area contributed by atoms with Crippen molar-refractivity contribution in [2.45, 2.75) is 59.4 Å². The quantitative estimate of drug-likeness (QED) is 0.631. The molecule has 0 spiro atoms. The maximum absolute atomic E-state index is 13.7. The molecule has 0 saturated heterocycles. The van der Waals surface area contributed by atoms with Crippen LogP contribution in [0, 0.1) is 11.3 Å². The number of carbonyl (C=O) groups excluding carboxylic acids is 3. The minimum atomic E-state index is -0.698. The van der Waals surface area contributed by atoms with Gasteiger partial charge in [-0.2, -0.15) is 0 Å². The number of ketones is 1. The van der Waals surface area contributed by atoms with Crippen LogP contribution in [0.5, 0.6) is 0 Å². The van der Waals surface area contributed by atoms with Crippen LogP contribution < -0.4 is 15.5 Å². The van der Waals surface area contributed by atoms with Crippen LogP contribution in [0.3, 0.4) is 0 Å². The van der Waals surface area contributed by atoms with E-state index in [0.29, 0.717) is 42.3 Å². The molecule has 7 nitrogen and oxygen atoms in total. The molecule has 0 saturated carbocycles. The average molecular weight is 464 g/mol. The molecule has 180 valence electrons. The number of carbonyl (C=O) groups is 3. The first kappa shape index (κ1) is 23.8. The van der Waals surface area contributed by atoms with Gasteiger partial charge in [-0.25, -0.2) is 0 Å². The zero-order chi connectivity index (χ0) is 24.5. The fourth-order valence-electron chi connectivity index (χ4n) is 4.73. The molecule has 2 aliphatic rings. The lowest BCUT2D eigenvalue weighted by Gasteiger charge is -2.36. The van der Waals surface area contributed by atoms with Crippen molar-refractivity contribution >= 4 is 29.0 Å². The van der Waals surface area contributed by atoms with Crippen molar-refractivity contribution in [1.82, 2.24) is 5.32 Å². The van der Waals surface area contributed by atoms with Crippen molar-refractivity contribution in [2.75, 3.05) is 16.8 Å². The summed E-state index contributed by atoms with van der Waals surface area (Å²) in [7, 11) is 0. The van der Waals surface area contributed by atoms with E-state index < -0.39 is 6.04 Å². The number of allylic oxidation sites excluding steroid dienone is 1. The van der Waals surface area contributed by atoms with Gasteiger partial charge in [-0.15, -0.1) is 0 Å². The minimum absolute atomic E-state index is 0.000401. The SMILES string of the molecule is CC(C)CNC(=O)CCC(=O)N1c2ccccc2NC2=C(C(=O)CC(C)(C)C2)[C@H]1c1ccco1. The second kappa shape index (κ2) is 9.49. The van der Waals surface area contributed by atoms with Crippen LogP contribution in [-0.4, -0.2) is 24.1 Å². The highest BCUT2D eigenvalue weighted by atomic mass is 16.3. The molecular weight excluding hydrogens is 430 g/mol. The molecule has 0 radical (unpaired) electrons. The second-order valence-corrected chi connectivity index (χ2v) is 10.4. The van der Waals surface area contributed by atoms with E-state index in [1.165, 1.54) is 0 Å². The van der Waals surface area contributed by atoms with Crippen LogP contribution in [-0.2, 0) is 14.4 Å². The van der Waals surface area contributed by atoms with E-state index in [2.05, 4.69) is 24.5 Å². The number of Topliss-reactive ketones (excluding diaryl/α,β-unsaturated/α-hetero) is 1. The molecule has 4 rings (SSSR count). The number of amides is 2. The summed E-state index contributed by atoms with van der Waals surface area (Å²) in [4.78, 5) is 41.2. The number of furan rings is 1. The smallest absolute Gasteiger partial charge is 0.228 e. The van der Waals surface area contributed by atoms with Crippen molar-refractivity contribution in [1.29, 1.82) is 0 Å². The minimum Gasteiger partial charge on any atom is -0.467 e. The Balaban J connectivity index is 1.75. The molecular formula is C27H33N3O4. The molecule has 0 unspecified atom stereocenters. The van der Waals surface area contributed by atoms with E-state index in [9.17, 15) is 14.4 Å². The molecule has 2 heterocycles. The maximum Gasteiger partial charge on any atom is 0.228 e. The number of rotatable bonds is 6. The largest absolute Gasteiger partial charge is 0.467 e. The summed E-state index contributed by atoms with van der Waals surface area (Å²) < 4.78 is 5.78. The van der Waals surface area contributed by atoms with Gasteiger partial charge < -0.3 is 15.1 Å². The molecule has 1 aliphatic carbocycles. The van der Waals surface area contributed by atoms with Gasteiger partial charge in [-0.1, -0.05) is 39.8 Å². The highest BCUT2D eigenvalue weighted by molar-refractivity contribution is 6.06. The molecule has 34 heavy (non-hydrogen) atoms. The summed E-state index contributed by atoms with van der Waals surface area (Å²) >= 11 is 0. The number of nitrogens with one attached hydrogen (secondary N) is 2. The van der Waals surface area contributed by atoms with E-state index in [-0.39, 0.29) is 35.9 Å². The van der Waals surface area contributed by atoms with Gasteiger partial charge in [-0.05, 0) is 42.0 Å². The van der Waals surface area contributed by atoms with Crippen molar-refractivity contribution in [2.24, 2.45) is 11.3 Å². The third kappa shape index (κ3) is 4.93. The van der Waals surface area contributed by atoms with Crippen LogP contribution in [0.15, 0.2) is 58.3 Å². The molecule has 1 aromatic carbocycles. The van der Waals surface area contributed by atoms with Gasteiger partial charge in [0.05, 0.1) is 17.6 Å². The van der Waals surface area contributed by atoms with Crippen molar-refractivity contribution < 1.29 is 18.8 Å². The summed E-state index contributed by atoms with van der Waals surface area (Å²) in [5.41, 5.74) is 2.60. The van der Waals surface area contributed by atoms with Crippen LogP contribution in [0.25, 0.3) is 0 Å². The highest BCUT2D eigenvalue weighted by Gasteiger charge is 2.44. The Bertz CT molecular complexity index is 1110. The lowest BCUT2D eigenvalue weighted by molar-refractivity contribution is -0.125. The number of nitrogens with zero attached hydrogens (tertiary/aromatic N) is 1. The Kier molecular flexibility index (Phi) is 6.64. The topological polar surface area (TPSA) is 91.7 Å². The maximum atomic E-state index is 13.7. The lowest BCUT2D eigenvalue weighted by atomic mass is 9.74. The predicted octanol–water partition coefficient (Wildman–Crippen LogP) is 4.98. The molecule has 2 N–H and O–H groups in total. The molecule has 2 aromatic rings. The number of hydrogen-bond acceptors (Lipinski definition) is 5. The summed E-state index contributed by atoms with van der Waals surface area (Å²) in [6, 6.07) is 10.4. The van der Waals surface area contributed by atoms with Crippen molar-refractivity contribution in [3.8, 4) is 0 Å². The van der Waals surface area contributed by atoms with Crippen molar-refractivity contribution in [3.63, 3.8) is 0 Å². The molecule has 1 aromatic heterocycles. The summed E-state index contributed by atoms with van der Waals surface area (Å²) in [6.45, 7) is 8.77. The first-order valence-electron chi connectivity index (χ1n) is 11.9. The predicted molar refractivity (Wildman–Crippen MR) is 131 cm³/mol. The summed E-state index contributed by atoms with van der Waals surface area (Å²) in [5, 5.41) is 6.33. The molecule has 2 amide bonds. The van der Waals surface area contributed by atoms with Gasteiger partial charge in [0, 0.05) is 37.1 Å². The Labute approximate surface area is 200 Å². The fraction of sp³-hybridized carbons (Fsp3) is 0.444.